The van der Waals surface area contributed by atoms with Crippen LogP contribution < -0.4 is 5.32 Å². The van der Waals surface area contributed by atoms with Crippen LogP contribution in [0.4, 0.5) is 0 Å². The molecule has 0 bridgehead atoms. The fourth-order valence-corrected chi connectivity index (χ4v) is 2.52. The Labute approximate surface area is 114 Å². The van der Waals surface area contributed by atoms with Crippen molar-refractivity contribution in [1.82, 2.24) is 5.32 Å². The summed E-state index contributed by atoms with van der Waals surface area (Å²) in [6.45, 7) is 7.13. The molecule has 0 aromatic heterocycles. The zero-order valence-electron chi connectivity index (χ0n) is 11.9. The highest BCUT2D eigenvalue weighted by atomic mass is 16.8. The minimum Gasteiger partial charge on any atom is -0.387 e. The first-order valence-corrected chi connectivity index (χ1v) is 6.99. The zero-order valence-corrected chi connectivity index (χ0v) is 11.9. The lowest BCUT2D eigenvalue weighted by Crippen LogP contribution is -2.46. The van der Waals surface area contributed by atoms with E-state index in [-0.39, 0.29) is 6.61 Å². The highest BCUT2D eigenvalue weighted by molar-refractivity contribution is 5.00. The van der Waals surface area contributed by atoms with Gasteiger partial charge in [-0.05, 0) is 26.8 Å². The molecular weight excluding hydrogens is 250 g/mol. The Bertz CT molecular complexity index is 311. The average molecular weight is 275 g/mol. The van der Waals surface area contributed by atoms with Crippen LogP contribution in [0.2, 0.25) is 0 Å². The highest BCUT2D eigenvalue weighted by Crippen LogP contribution is 2.41. The standard InChI is InChI=1S/C13H25NO5/c1-4-5-6-14-7-9-10(15)11(16)13(18-9)8-17-12(2,3)19-13/h9-11,14-16H,4-8H2,1-3H3/t9-,10+,11-,13-/m0/s1. The number of hydrogen-bond donors (Lipinski definition) is 3. The molecule has 2 aliphatic rings. The number of hydrogen-bond acceptors (Lipinski definition) is 6. The second kappa shape index (κ2) is 5.63. The van der Waals surface area contributed by atoms with E-state index in [1.54, 1.807) is 13.8 Å². The van der Waals surface area contributed by atoms with Gasteiger partial charge in [0, 0.05) is 6.54 Å². The molecule has 2 fully saturated rings. The molecule has 0 aromatic rings. The van der Waals surface area contributed by atoms with E-state index in [4.69, 9.17) is 14.2 Å². The zero-order chi connectivity index (χ0) is 14.1. The Morgan fingerprint density at radius 2 is 2.05 bits per heavy atom. The van der Waals surface area contributed by atoms with Crippen LogP contribution in [-0.4, -0.2) is 59.8 Å². The van der Waals surface area contributed by atoms with Crippen molar-refractivity contribution in [3.05, 3.63) is 0 Å². The molecule has 0 aliphatic carbocycles. The molecule has 2 rings (SSSR count). The van der Waals surface area contributed by atoms with Crippen LogP contribution >= 0.6 is 0 Å². The van der Waals surface area contributed by atoms with Gasteiger partial charge in [0.2, 0.25) is 5.79 Å². The maximum Gasteiger partial charge on any atom is 0.224 e. The van der Waals surface area contributed by atoms with E-state index in [0.717, 1.165) is 19.4 Å². The molecule has 2 heterocycles. The van der Waals surface area contributed by atoms with Gasteiger partial charge in [0.05, 0.1) is 0 Å². The van der Waals surface area contributed by atoms with E-state index in [2.05, 4.69) is 12.2 Å². The topological polar surface area (TPSA) is 80.2 Å². The van der Waals surface area contributed by atoms with Crippen LogP contribution in [0.5, 0.6) is 0 Å². The summed E-state index contributed by atoms with van der Waals surface area (Å²) in [4.78, 5) is 0. The molecule has 4 atom stereocenters. The Hall–Kier alpha value is -0.240. The quantitative estimate of drug-likeness (QED) is 0.612. The molecule has 3 N–H and O–H groups in total. The third-order valence-electron chi connectivity index (χ3n) is 3.60. The number of aliphatic hydroxyl groups is 2. The van der Waals surface area contributed by atoms with Crippen molar-refractivity contribution in [2.45, 2.75) is 63.5 Å². The summed E-state index contributed by atoms with van der Waals surface area (Å²) in [5.74, 6) is -2.04. The van der Waals surface area contributed by atoms with Crippen LogP contribution in [0.25, 0.3) is 0 Å². The molecule has 0 radical (unpaired) electrons. The number of aliphatic hydroxyl groups excluding tert-OH is 2. The highest BCUT2D eigenvalue weighted by Gasteiger charge is 2.61. The third-order valence-corrected chi connectivity index (χ3v) is 3.60. The summed E-state index contributed by atoms with van der Waals surface area (Å²) < 4.78 is 16.8. The van der Waals surface area contributed by atoms with Gasteiger partial charge in [-0.3, -0.25) is 0 Å². The second-order valence-electron chi connectivity index (χ2n) is 5.75. The maximum absolute atomic E-state index is 10.1. The largest absolute Gasteiger partial charge is 0.387 e. The van der Waals surface area contributed by atoms with E-state index in [9.17, 15) is 10.2 Å². The molecule has 1 spiro atoms. The summed E-state index contributed by atoms with van der Waals surface area (Å²) in [7, 11) is 0. The molecule has 0 unspecified atom stereocenters. The lowest BCUT2D eigenvalue weighted by atomic mass is 10.1. The smallest absolute Gasteiger partial charge is 0.224 e. The summed E-state index contributed by atoms with van der Waals surface area (Å²) >= 11 is 0. The second-order valence-corrected chi connectivity index (χ2v) is 5.75. The third kappa shape index (κ3) is 3.09. The van der Waals surface area contributed by atoms with Crippen molar-refractivity contribution >= 4 is 0 Å². The van der Waals surface area contributed by atoms with E-state index in [0.29, 0.717) is 6.54 Å². The maximum atomic E-state index is 10.1. The van der Waals surface area contributed by atoms with Crippen LogP contribution in [0.1, 0.15) is 33.6 Å². The van der Waals surface area contributed by atoms with Gasteiger partial charge in [-0.25, -0.2) is 0 Å². The number of nitrogens with one attached hydrogen (secondary N) is 1. The minimum atomic E-state index is -1.24. The first-order valence-electron chi connectivity index (χ1n) is 6.99. The monoisotopic (exact) mass is 275 g/mol. The summed E-state index contributed by atoms with van der Waals surface area (Å²) in [6, 6.07) is 0. The first kappa shape index (κ1) is 15.2. The minimum absolute atomic E-state index is 0.129. The van der Waals surface area contributed by atoms with Gasteiger partial charge >= 0.3 is 0 Å². The van der Waals surface area contributed by atoms with Crippen molar-refractivity contribution < 1.29 is 24.4 Å². The van der Waals surface area contributed by atoms with E-state index < -0.39 is 29.9 Å². The molecule has 0 aromatic carbocycles. The van der Waals surface area contributed by atoms with Crippen LogP contribution in [-0.2, 0) is 14.2 Å². The Kier molecular flexibility index (Phi) is 4.49. The molecule has 0 saturated carbocycles. The summed E-state index contributed by atoms with van der Waals surface area (Å²) in [5, 5.41) is 23.4. The van der Waals surface area contributed by atoms with Gasteiger partial charge in [-0.15, -0.1) is 0 Å². The van der Waals surface area contributed by atoms with Gasteiger partial charge in [0.1, 0.15) is 24.9 Å². The predicted octanol–water partition coefficient (Wildman–Crippen LogP) is -0.0241. The number of rotatable bonds is 5. The van der Waals surface area contributed by atoms with Gasteiger partial charge in [-0.2, -0.15) is 0 Å². The predicted molar refractivity (Wildman–Crippen MR) is 68.5 cm³/mol. The van der Waals surface area contributed by atoms with Crippen LogP contribution in [0.3, 0.4) is 0 Å². The molecule has 6 nitrogen and oxygen atoms in total. The molecule has 2 aliphatic heterocycles. The number of unbranched alkanes of at least 4 members (excludes halogenated alkanes) is 1. The SMILES string of the molecule is CCCCNC[C@@H]1O[C@]2(COC(C)(C)O2)[C@@H](O)[C@@H]1O. The van der Waals surface area contributed by atoms with E-state index >= 15 is 0 Å². The molecule has 19 heavy (non-hydrogen) atoms. The lowest BCUT2D eigenvalue weighted by molar-refractivity contribution is -0.268. The van der Waals surface area contributed by atoms with Gasteiger partial charge in [0.15, 0.2) is 5.79 Å². The Morgan fingerprint density at radius 1 is 1.32 bits per heavy atom. The van der Waals surface area contributed by atoms with Gasteiger partial charge < -0.3 is 29.7 Å². The summed E-state index contributed by atoms with van der Waals surface area (Å²) in [6.07, 6.45) is -0.356. The molecule has 6 heteroatoms. The van der Waals surface area contributed by atoms with E-state index in [1.165, 1.54) is 0 Å². The van der Waals surface area contributed by atoms with Crippen molar-refractivity contribution in [1.29, 1.82) is 0 Å². The fraction of sp³-hybridized carbons (Fsp3) is 1.00. The van der Waals surface area contributed by atoms with Gasteiger partial charge in [0.25, 0.3) is 0 Å². The Balaban J connectivity index is 1.91. The van der Waals surface area contributed by atoms with Gasteiger partial charge in [-0.1, -0.05) is 13.3 Å². The average Bonchev–Trinajstić information content (AvgIpc) is 2.78. The Morgan fingerprint density at radius 3 is 2.63 bits per heavy atom. The van der Waals surface area contributed by atoms with Crippen molar-refractivity contribution in [3.8, 4) is 0 Å². The van der Waals surface area contributed by atoms with Crippen molar-refractivity contribution in [2.75, 3.05) is 19.7 Å². The lowest BCUT2D eigenvalue weighted by Gasteiger charge is -2.27. The van der Waals surface area contributed by atoms with E-state index in [1.807, 2.05) is 0 Å². The number of ether oxygens (including phenoxy) is 3. The first-order chi connectivity index (χ1) is 8.90. The van der Waals surface area contributed by atoms with Crippen LogP contribution in [0, 0.1) is 0 Å². The molecule has 2 saturated heterocycles. The summed E-state index contributed by atoms with van der Waals surface area (Å²) in [5.41, 5.74) is 0. The molecular formula is C13H25NO5. The van der Waals surface area contributed by atoms with Crippen molar-refractivity contribution in [3.63, 3.8) is 0 Å². The molecule has 112 valence electrons. The van der Waals surface area contributed by atoms with Crippen LogP contribution in [0.15, 0.2) is 0 Å². The normalized spacial score (nSPS) is 41.2. The molecule has 0 amide bonds. The van der Waals surface area contributed by atoms with Crippen molar-refractivity contribution in [2.24, 2.45) is 0 Å². The fourth-order valence-electron chi connectivity index (χ4n) is 2.52.